The zero-order chi connectivity index (χ0) is 10.7. The van der Waals surface area contributed by atoms with E-state index in [1.807, 2.05) is 10.7 Å². The fourth-order valence-corrected chi connectivity index (χ4v) is 1.98. The van der Waals surface area contributed by atoms with Crippen LogP contribution in [0.4, 0.5) is 5.13 Å². The van der Waals surface area contributed by atoms with Crippen molar-refractivity contribution in [2.24, 2.45) is 0 Å². The Morgan fingerprint density at radius 1 is 1.47 bits per heavy atom. The minimum atomic E-state index is 0.494. The summed E-state index contributed by atoms with van der Waals surface area (Å²) in [6.07, 6.45) is 4.04. The predicted molar refractivity (Wildman–Crippen MR) is 60.5 cm³/mol. The van der Waals surface area contributed by atoms with Crippen LogP contribution in [0.15, 0.2) is 12.3 Å². The average Bonchev–Trinajstić information content (AvgIpc) is 2.82. The largest absolute Gasteiger partial charge is 0.374 e. The standard InChI is InChI=1S/C9H13N5S/c1-2-3-6-14-7(4-5-11-14)8-12-13-9(10)15-8/h4-5H,2-3,6H2,1H3,(H2,10,13). The topological polar surface area (TPSA) is 69.6 Å². The summed E-state index contributed by atoms with van der Waals surface area (Å²) in [5.41, 5.74) is 6.55. The number of nitrogens with zero attached hydrogens (tertiary/aromatic N) is 4. The van der Waals surface area contributed by atoms with Gasteiger partial charge in [-0.25, -0.2) is 0 Å². The van der Waals surface area contributed by atoms with Crippen LogP contribution in [0.5, 0.6) is 0 Å². The van der Waals surface area contributed by atoms with Crippen LogP contribution in [0.3, 0.4) is 0 Å². The van der Waals surface area contributed by atoms with Crippen LogP contribution in [0.2, 0.25) is 0 Å². The van der Waals surface area contributed by atoms with Crippen molar-refractivity contribution in [2.45, 2.75) is 26.3 Å². The van der Waals surface area contributed by atoms with Gasteiger partial charge in [0, 0.05) is 12.7 Å². The Morgan fingerprint density at radius 2 is 2.33 bits per heavy atom. The first-order valence-corrected chi connectivity index (χ1v) is 5.74. The van der Waals surface area contributed by atoms with Crippen molar-refractivity contribution in [3.8, 4) is 10.7 Å². The molecule has 80 valence electrons. The number of aromatic nitrogens is 4. The van der Waals surface area contributed by atoms with E-state index < -0.39 is 0 Å². The molecule has 0 bridgehead atoms. The fraction of sp³-hybridized carbons (Fsp3) is 0.444. The third-order valence-corrected chi connectivity index (χ3v) is 2.87. The van der Waals surface area contributed by atoms with E-state index in [2.05, 4.69) is 22.2 Å². The van der Waals surface area contributed by atoms with Gasteiger partial charge in [-0.1, -0.05) is 24.7 Å². The lowest BCUT2D eigenvalue weighted by atomic mass is 10.3. The molecular weight excluding hydrogens is 210 g/mol. The molecule has 0 aliphatic carbocycles. The summed E-state index contributed by atoms with van der Waals surface area (Å²) in [6.45, 7) is 3.07. The molecule has 2 N–H and O–H groups in total. The second kappa shape index (κ2) is 4.39. The van der Waals surface area contributed by atoms with Crippen molar-refractivity contribution in [2.75, 3.05) is 5.73 Å². The van der Waals surface area contributed by atoms with E-state index in [9.17, 15) is 0 Å². The summed E-state index contributed by atoms with van der Waals surface area (Å²) in [5, 5.41) is 13.4. The quantitative estimate of drug-likeness (QED) is 0.857. The maximum Gasteiger partial charge on any atom is 0.203 e. The number of hydrogen-bond donors (Lipinski definition) is 1. The molecule has 15 heavy (non-hydrogen) atoms. The van der Waals surface area contributed by atoms with E-state index in [-0.39, 0.29) is 0 Å². The Balaban J connectivity index is 2.24. The van der Waals surface area contributed by atoms with Gasteiger partial charge in [0.2, 0.25) is 5.13 Å². The van der Waals surface area contributed by atoms with E-state index >= 15 is 0 Å². The van der Waals surface area contributed by atoms with Crippen LogP contribution in [-0.4, -0.2) is 20.0 Å². The fourth-order valence-electron chi connectivity index (χ4n) is 1.34. The maximum atomic E-state index is 5.55. The first kappa shape index (κ1) is 10.1. The highest BCUT2D eigenvalue weighted by molar-refractivity contribution is 7.18. The Morgan fingerprint density at radius 3 is 3.00 bits per heavy atom. The number of nitrogen functional groups attached to an aromatic ring is 1. The van der Waals surface area contributed by atoms with Crippen molar-refractivity contribution in [3.05, 3.63) is 12.3 Å². The summed E-state index contributed by atoms with van der Waals surface area (Å²) < 4.78 is 1.95. The number of nitrogens with two attached hydrogens (primary N) is 1. The van der Waals surface area contributed by atoms with Gasteiger partial charge in [0.1, 0.15) is 0 Å². The van der Waals surface area contributed by atoms with E-state index in [1.54, 1.807) is 6.20 Å². The number of unbranched alkanes of at least 4 members (excludes halogenated alkanes) is 1. The zero-order valence-corrected chi connectivity index (χ0v) is 9.37. The molecule has 0 amide bonds. The van der Waals surface area contributed by atoms with E-state index in [4.69, 9.17) is 5.73 Å². The Labute approximate surface area is 91.9 Å². The van der Waals surface area contributed by atoms with Crippen molar-refractivity contribution >= 4 is 16.5 Å². The Bertz CT molecular complexity index is 433. The molecule has 0 saturated heterocycles. The van der Waals surface area contributed by atoms with Gasteiger partial charge in [0.05, 0.1) is 5.69 Å². The molecule has 0 spiro atoms. The van der Waals surface area contributed by atoms with Gasteiger partial charge in [-0.2, -0.15) is 5.10 Å². The summed E-state index contributed by atoms with van der Waals surface area (Å²) in [6, 6.07) is 1.94. The van der Waals surface area contributed by atoms with Crippen LogP contribution in [-0.2, 0) is 6.54 Å². The molecule has 0 aliphatic heterocycles. The molecule has 6 heteroatoms. The number of anilines is 1. The highest BCUT2D eigenvalue weighted by Gasteiger charge is 2.09. The smallest absolute Gasteiger partial charge is 0.203 e. The minimum Gasteiger partial charge on any atom is -0.374 e. The van der Waals surface area contributed by atoms with Crippen LogP contribution >= 0.6 is 11.3 Å². The lowest BCUT2D eigenvalue weighted by Crippen LogP contribution is -2.01. The second-order valence-electron chi connectivity index (χ2n) is 3.24. The molecular formula is C9H13N5S. The molecule has 0 aliphatic rings. The second-order valence-corrected chi connectivity index (χ2v) is 4.25. The molecule has 0 fully saturated rings. The lowest BCUT2D eigenvalue weighted by Gasteiger charge is -2.02. The van der Waals surface area contributed by atoms with Gasteiger partial charge >= 0.3 is 0 Å². The van der Waals surface area contributed by atoms with Crippen LogP contribution in [0.25, 0.3) is 10.7 Å². The number of aryl methyl sites for hydroxylation is 1. The third-order valence-electron chi connectivity index (χ3n) is 2.10. The van der Waals surface area contributed by atoms with Crippen LogP contribution in [0, 0.1) is 0 Å². The van der Waals surface area contributed by atoms with Gasteiger partial charge < -0.3 is 5.73 Å². The molecule has 0 radical (unpaired) electrons. The van der Waals surface area contributed by atoms with Gasteiger partial charge in [-0.05, 0) is 12.5 Å². The van der Waals surface area contributed by atoms with Gasteiger partial charge in [-0.15, -0.1) is 10.2 Å². The van der Waals surface area contributed by atoms with Crippen molar-refractivity contribution < 1.29 is 0 Å². The normalized spacial score (nSPS) is 10.7. The average molecular weight is 223 g/mol. The first-order valence-electron chi connectivity index (χ1n) is 4.92. The molecule has 0 aromatic carbocycles. The summed E-state index contributed by atoms with van der Waals surface area (Å²) in [7, 11) is 0. The van der Waals surface area contributed by atoms with Gasteiger partial charge in [-0.3, -0.25) is 4.68 Å². The van der Waals surface area contributed by atoms with Gasteiger partial charge in [0.25, 0.3) is 0 Å². The highest BCUT2D eigenvalue weighted by Crippen LogP contribution is 2.24. The summed E-state index contributed by atoms with van der Waals surface area (Å²) in [5.74, 6) is 0. The van der Waals surface area contributed by atoms with E-state index in [0.29, 0.717) is 5.13 Å². The first-order chi connectivity index (χ1) is 7.31. The molecule has 2 rings (SSSR count). The third kappa shape index (κ3) is 2.15. The predicted octanol–water partition coefficient (Wildman–Crippen LogP) is 1.78. The molecule has 0 saturated carbocycles. The van der Waals surface area contributed by atoms with E-state index in [1.165, 1.54) is 11.3 Å². The number of hydrogen-bond acceptors (Lipinski definition) is 5. The van der Waals surface area contributed by atoms with Gasteiger partial charge in [0.15, 0.2) is 5.01 Å². The van der Waals surface area contributed by atoms with Crippen molar-refractivity contribution in [1.82, 2.24) is 20.0 Å². The summed E-state index contributed by atoms with van der Waals surface area (Å²) in [4.78, 5) is 0. The van der Waals surface area contributed by atoms with Crippen molar-refractivity contribution in [1.29, 1.82) is 0 Å². The highest BCUT2D eigenvalue weighted by atomic mass is 32.1. The summed E-state index contributed by atoms with van der Waals surface area (Å²) >= 11 is 1.39. The molecule has 0 unspecified atom stereocenters. The lowest BCUT2D eigenvalue weighted by molar-refractivity contribution is 0.577. The van der Waals surface area contributed by atoms with Crippen LogP contribution < -0.4 is 5.73 Å². The number of rotatable bonds is 4. The maximum absolute atomic E-state index is 5.55. The molecule has 0 atom stereocenters. The molecule has 2 heterocycles. The Hall–Kier alpha value is -1.43. The van der Waals surface area contributed by atoms with E-state index in [0.717, 1.165) is 30.1 Å². The Kier molecular flexibility index (Phi) is 2.96. The minimum absolute atomic E-state index is 0.494. The zero-order valence-electron chi connectivity index (χ0n) is 8.55. The molecule has 2 aromatic heterocycles. The van der Waals surface area contributed by atoms with Crippen molar-refractivity contribution in [3.63, 3.8) is 0 Å². The monoisotopic (exact) mass is 223 g/mol. The SMILES string of the molecule is CCCCn1nccc1-c1nnc(N)s1. The van der Waals surface area contributed by atoms with Crippen LogP contribution in [0.1, 0.15) is 19.8 Å². The molecule has 2 aromatic rings. The molecule has 5 nitrogen and oxygen atoms in total.